The van der Waals surface area contributed by atoms with Gasteiger partial charge >= 0.3 is 6.18 Å². The number of rotatable bonds is 9. The first-order valence-electron chi connectivity index (χ1n) is 11.6. The number of halogens is 3. The van der Waals surface area contributed by atoms with E-state index >= 15 is 0 Å². The second-order valence-corrected chi connectivity index (χ2v) is 10.6. The van der Waals surface area contributed by atoms with Crippen LogP contribution in [-0.4, -0.2) is 35.1 Å². The molecule has 3 aromatic rings. The molecule has 0 aromatic heterocycles. The molecule has 0 radical (unpaired) electrons. The minimum Gasteiger partial charge on any atom is -0.493 e. The fraction of sp³-hybridized carbons (Fsp3) is 0.296. The van der Waals surface area contributed by atoms with E-state index in [-0.39, 0.29) is 22.1 Å². The molecule has 1 unspecified atom stereocenters. The zero-order chi connectivity index (χ0) is 28.3. The summed E-state index contributed by atoms with van der Waals surface area (Å²) in [5, 5.41) is 2.76. The highest BCUT2D eigenvalue weighted by Gasteiger charge is 2.34. The van der Waals surface area contributed by atoms with Gasteiger partial charge in [-0.1, -0.05) is 29.8 Å². The minimum atomic E-state index is -4.71. The number of alkyl halides is 3. The molecule has 7 nitrogen and oxygen atoms in total. The summed E-state index contributed by atoms with van der Waals surface area (Å²) in [6.45, 7) is 4.78. The number of benzene rings is 3. The lowest BCUT2D eigenvalue weighted by Crippen LogP contribution is -2.41. The number of carbonyl (C=O) groups is 1. The molecule has 0 aliphatic heterocycles. The van der Waals surface area contributed by atoms with Crippen LogP contribution in [0.25, 0.3) is 0 Å². The van der Waals surface area contributed by atoms with E-state index in [1.54, 1.807) is 6.92 Å². The van der Waals surface area contributed by atoms with Crippen LogP contribution in [0, 0.1) is 13.8 Å². The maximum Gasteiger partial charge on any atom is 0.416 e. The van der Waals surface area contributed by atoms with Crippen LogP contribution >= 0.6 is 0 Å². The van der Waals surface area contributed by atoms with Gasteiger partial charge in [-0.15, -0.1) is 0 Å². The number of carbonyl (C=O) groups excluding carboxylic acids is 1. The number of ether oxygens (including phenoxy) is 2. The van der Waals surface area contributed by atoms with Gasteiger partial charge in [-0.25, -0.2) is 8.42 Å². The van der Waals surface area contributed by atoms with E-state index in [1.165, 1.54) is 38.5 Å². The lowest BCUT2D eigenvalue weighted by atomic mass is 10.00. The Morgan fingerprint density at radius 1 is 0.974 bits per heavy atom. The highest BCUT2D eigenvalue weighted by atomic mass is 32.2. The Morgan fingerprint density at radius 2 is 1.66 bits per heavy atom. The van der Waals surface area contributed by atoms with E-state index in [2.05, 4.69) is 5.32 Å². The van der Waals surface area contributed by atoms with E-state index in [4.69, 9.17) is 9.47 Å². The molecule has 3 rings (SSSR count). The van der Waals surface area contributed by atoms with Crippen LogP contribution in [-0.2, 0) is 21.0 Å². The number of aryl methyl sites for hydroxylation is 2. The maximum absolute atomic E-state index is 13.7. The highest BCUT2D eigenvalue weighted by Crippen LogP contribution is 2.35. The summed E-state index contributed by atoms with van der Waals surface area (Å²) in [6, 6.07) is 12.9. The highest BCUT2D eigenvalue weighted by molar-refractivity contribution is 7.92. The molecule has 0 bridgehead atoms. The van der Waals surface area contributed by atoms with Gasteiger partial charge in [-0.3, -0.25) is 9.10 Å². The molecule has 1 atom stereocenters. The Hall–Kier alpha value is -3.73. The van der Waals surface area contributed by atoms with E-state index in [0.29, 0.717) is 10.4 Å². The number of sulfonamides is 1. The van der Waals surface area contributed by atoms with Gasteiger partial charge in [-0.05, 0) is 62.2 Å². The van der Waals surface area contributed by atoms with Crippen LogP contribution < -0.4 is 19.1 Å². The molecule has 38 heavy (non-hydrogen) atoms. The summed E-state index contributed by atoms with van der Waals surface area (Å²) in [4.78, 5) is 12.8. The second-order valence-electron chi connectivity index (χ2n) is 8.73. The summed E-state index contributed by atoms with van der Waals surface area (Å²) in [6.07, 6.45) is -4.71. The van der Waals surface area contributed by atoms with Crippen LogP contribution in [0.15, 0.2) is 65.6 Å². The third kappa shape index (κ3) is 6.39. The van der Waals surface area contributed by atoms with Crippen LogP contribution in [0.2, 0.25) is 0 Å². The van der Waals surface area contributed by atoms with Gasteiger partial charge in [0.15, 0.2) is 11.5 Å². The molecule has 1 N–H and O–H groups in total. The maximum atomic E-state index is 13.7. The van der Waals surface area contributed by atoms with Gasteiger partial charge in [0.2, 0.25) is 5.91 Å². The van der Waals surface area contributed by atoms with Crippen LogP contribution in [0.1, 0.15) is 35.2 Å². The van der Waals surface area contributed by atoms with Gasteiger partial charge < -0.3 is 14.8 Å². The first-order valence-corrected chi connectivity index (χ1v) is 13.0. The Kier molecular flexibility index (Phi) is 8.61. The third-order valence-electron chi connectivity index (χ3n) is 5.97. The Morgan fingerprint density at radius 3 is 2.29 bits per heavy atom. The standard InChI is InChI=1S/C27H29F3N2O5S/c1-17-9-10-18(2)23(13-17)19(3)31-26(33)16-32(21-8-6-7-20(14-21)27(28,29)30)38(34,35)22-11-12-24(36-4)25(15-22)37-5/h6-15,19H,16H2,1-5H3,(H,31,33). The van der Waals surface area contributed by atoms with E-state index in [1.807, 2.05) is 32.0 Å². The molecule has 204 valence electrons. The molecular formula is C27H29F3N2O5S. The number of anilines is 1. The number of hydrogen-bond donors (Lipinski definition) is 1. The summed E-state index contributed by atoms with van der Waals surface area (Å²) >= 11 is 0. The zero-order valence-electron chi connectivity index (χ0n) is 21.6. The van der Waals surface area contributed by atoms with Crippen molar-refractivity contribution in [3.8, 4) is 11.5 Å². The van der Waals surface area contributed by atoms with Crippen LogP contribution in [0.4, 0.5) is 18.9 Å². The Bertz CT molecular complexity index is 1420. The first kappa shape index (κ1) is 28.8. The molecule has 0 saturated heterocycles. The molecule has 0 heterocycles. The summed E-state index contributed by atoms with van der Waals surface area (Å²) < 4.78 is 78.8. The number of methoxy groups -OCH3 is 2. The Balaban J connectivity index is 2.03. The average molecular weight is 551 g/mol. The van der Waals surface area contributed by atoms with Crippen molar-refractivity contribution in [1.29, 1.82) is 0 Å². The van der Waals surface area contributed by atoms with Crippen molar-refractivity contribution >= 4 is 21.6 Å². The van der Waals surface area contributed by atoms with Gasteiger partial charge in [0.05, 0.1) is 36.4 Å². The first-order chi connectivity index (χ1) is 17.8. The molecule has 3 aromatic carbocycles. The average Bonchev–Trinajstić information content (AvgIpc) is 2.87. The monoisotopic (exact) mass is 550 g/mol. The molecule has 1 amide bonds. The minimum absolute atomic E-state index is 0.102. The van der Waals surface area contributed by atoms with Crippen molar-refractivity contribution in [1.82, 2.24) is 5.32 Å². The van der Waals surface area contributed by atoms with Crippen LogP contribution in [0.3, 0.4) is 0 Å². The van der Waals surface area contributed by atoms with E-state index < -0.39 is 40.3 Å². The summed E-state index contributed by atoms with van der Waals surface area (Å²) in [5.41, 5.74) is 1.38. The van der Waals surface area contributed by atoms with Gasteiger partial charge in [0.1, 0.15) is 6.54 Å². The fourth-order valence-electron chi connectivity index (χ4n) is 3.98. The second kappa shape index (κ2) is 11.3. The largest absolute Gasteiger partial charge is 0.493 e. The SMILES string of the molecule is COc1ccc(S(=O)(=O)N(CC(=O)NC(C)c2cc(C)ccc2C)c2cccc(C(F)(F)F)c2)cc1OC. The molecule has 11 heteroatoms. The number of amides is 1. The van der Waals surface area contributed by atoms with Crippen molar-refractivity contribution in [3.63, 3.8) is 0 Å². The van der Waals surface area contributed by atoms with E-state index in [0.717, 1.165) is 28.8 Å². The predicted molar refractivity (Wildman–Crippen MR) is 138 cm³/mol. The van der Waals surface area contributed by atoms with Gasteiger partial charge in [0.25, 0.3) is 10.0 Å². The quantitative estimate of drug-likeness (QED) is 0.385. The topological polar surface area (TPSA) is 84.9 Å². The molecule has 0 saturated carbocycles. The lowest BCUT2D eigenvalue weighted by Gasteiger charge is -2.26. The molecule has 0 fully saturated rings. The van der Waals surface area contributed by atoms with Crippen molar-refractivity contribution in [2.75, 3.05) is 25.1 Å². The zero-order valence-corrected chi connectivity index (χ0v) is 22.4. The number of nitrogens with one attached hydrogen (secondary N) is 1. The lowest BCUT2D eigenvalue weighted by molar-refractivity contribution is -0.137. The van der Waals surface area contributed by atoms with Crippen molar-refractivity contribution in [2.24, 2.45) is 0 Å². The van der Waals surface area contributed by atoms with E-state index in [9.17, 15) is 26.4 Å². The van der Waals surface area contributed by atoms with Gasteiger partial charge in [0, 0.05) is 6.07 Å². The number of nitrogens with zero attached hydrogens (tertiary/aromatic N) is 1. The smallest absolute Gasteiger partial charge is 0.416 e. The molecular weight excluding hydrogens is 521 g/mol. The van der Waals surface area contributed by atoms with Gasteiger partial charge in [-0.2, -0.15) is 13.2 Å². The summed E-state index contributed by atoms with van der Waals surface area (Å²) in [5.74, 6) is -0.331. The fourth-order valence-corrected chi connectivity index (χ4v) is 5.41. The number of hydrogen-bond acceptors (Lipinski definition) is 5. The Labute approximate surface area is 220 Å². The van der Waals surface area contributed by atoms with Crippen molar-refractivity contribution < 1.29 is 35.9 Å². The van der Waals surface area contributed by atoms with Crippen molar-refractivity contribution in [2.45, 2.75) is 37.9 Å². The third-order valence-corrected chi connectivity index (χ3v) is 7.74. The van der Waals surface area contributed by atoms with Crippen LogP contribution in [0.5, 0.6) is 11.5 Å². The summed E-state index contributed by atoms with van der Waals surface area (Å²) in [7, 11) is -1.82. The predicted octanol–water partition coefficient (Wildman–Crippen LogP) is 5.41. The molecule has 0 spiro atoms. The molecule has 0 aliphatic carbocycles. The molecule has 0 aliphatic rings. The normalized spacial score (nSPS) is 12.5. The van der Waals surface area contributed by atoms with Crippen molar-refractivity contribution in [3.05, 3.63) is 82.9 Å².